The smallest absolute Gasteiger partial charge is 0.360 e. The van der Waals surface area contributed by atoms with Gasteiger partial charge in [-0.05, 0) is 25.5 Å². The fourth-order valence-corrected chi connectivity index (χ4v) is 4.43. The minimum atomic E-state index is -3.74. The highest BCUT2D eigenvalue weighted by Crippen LogP contribution is 2.27. The average Bonchev–Trinajstić information content (AvgIpc) is 2.81. The van der Waals surface area contributed by atoms with Crippen molar-refractivity contribution in [2.24, 2.45) is 0 Å². The number of carbonyl (C=O) groups is 1. The number of sulfonamides is 1. The molecule has 0 atom stereocenters. The van der Waals surface area contributed by atoms with Crippen LogP contribution < -0.4 is 4.72 Å². The summed E-state index contributed by atoms with van der Waals surface area (Å²) in [5.74, 6) is -0.960. The number of halogens is 1. The monoisotopic (exact) mass is 374 g/mol. The summed E-state index contributed by atoms with van der Waals surface area (Å²) >= 11 is 7.06. The van der Waals surface area contributed by atoms with Crippen LogP contribution in [0.15, 0.2) is 24.3 Å². The Morgan fingerprint density at radius 2 is 2.09 bits per heavy atom. The summed E-state index contributed by atoms with van der Waals surface area (Å²) in [7, 11) is -3.74. The highest BCUT2D eigenvalue weighted by atomic mass is 35.5. The molecule has 0 amide bonds. The molecule has 1 heterocycles. The van der Waals surface area contributed by atoms with Gasteiger partial charge in [-0.1, -0.05) is 29.8 Å². The maximum atomic E-state index is 12.3. The second-order valence-electron chi connectivity index (χ2n) is 4.58. The molecule has 0 unspecified atom stereocenters. The van der Waals surface area contributed by atoms with Gasteiger partial charge in [0.1, 0.15) is 5.00 Å². The summed E-state index contributed by atoms with van der Waals surface area (Å²) in [6, 6.07) is 6.67. The molecule has 124 valence electrons. The van der Waals surface area contributed by atoms with Crippen LogP contribution in [0.5, 0.6) is 0 Å². The summed E-state index contributed by atoms with van der Waals surface area (Å²) in [5, 5.41) is 1.07. The molecule has 0 spiro atoms. The second kappa shape index (κ2) is 7.29. The first-order valence-corrected chi connectivity index (χ1v) is 9.55. The normalized spacial score (nSPS) is 11.3. The predicted octanol–water partition coefficient (Wildman–Crippen LogP) is 3.22. The molecule has 0 bridgehead atoms. The summed E-state index contributed by atoms with van der Waals surface area (Å²) in [6.07, 6.45) is 0. The number of esters is 1. The van der Waals surface area contributed by atoms with Crippen LogP contribution in [-0.2, 0) is 20.5 Å². The lowest BCUT2D eigenvalue weighted by Crippen LogP contribution is -2.17. The van der Waals surface area contributed by atoms with Crippen LogP contribution in [0.4, 0.5) is 5.00 Å². The van der Waals surface area contributed by atoms with Gasteiger partial charge in [-0.25, -0.2) is 18.2 Å². The molecule has 1 aromatic carbocycles. The van der Waals surface area contributed by atoms with Gasteiger partial charge in [0.25, 0.3) is 0 Å². The van der Waals surface area contributed by atoms with Crippen molar-refractivity contribution in [3.05, 3.63) is 45.6 Å². The number of thiazole rings is 1. The van der Waals surface area contributed by atoms with Crippen molar-refractivity contribution in [2.75, 3.05) is 11.3 Å². The third kappa shape index (κ3) is 4.66. The van der Waals surface area contributed by atoms with Crippen LogP contribution >= 0.6 is 22.9 Å². The summed E-state index contributed by atoms with van der Waals surface area (Å²) in [5.41, 5.74) is 0.442. The molecule has 23 heavy (non-hydrogen) atoms. The first kappa shape index (κ1) is 17.7. The van der Waals surface area contributed by atoms with Crippen molar-refractivity contribution >= 4 is 43.9 Å². The van der Waals surface area contributed by atoms with E-state index >= 15 is 0 Å². The van der Waals surface area contributed by atoms with Gasteiger partial charge in [0.05, 0.1) is 17.4 Å². The highest BCUT2D eigenvalue weighted by molar-refractivity contribution is 7.92. The van der Waals surface area contributed by atoms with Crippen LogP contribution in [0.3, 0.4) is 0 Å². The van der Waals surface area contributed by atoms with E-state index in [2.05, 4.69) is 9.71 Å². The molecule has 6 nitrogen and oxygen atoms in total. The molecule has 2 rings (SSSR count). The molecule has 0 aliphatic heterocycles. The second-order valence-corrected chi connectivity index (χ2v) is 7.92. The van der Waals surface area contributed by atoms with E-state index in [4.69, 9.17) is 16.3 Å². The molecule has 0 saturated carbocycles. The van der Waals surface area contributed by atoms with E-state index in [1.165, 1.54) is 0 Å². The van der Waals surface area contributed by atoms with E-state index in [0.717, 1.165) is 11.3 Å². The van der Waals surface area contributed by atoms with Crippen molar-refractivity contribution in [3.63, 3.8) is 0 Å². The number of nitrogens with one attached hydrogen (secondary N) is 1. The van der Waals surface area contributed by atoms with Crippen LogP contribution in [0.25, 0.3) is 0 Å². The van der Waals surface area contributed by atoms with Gasteiger partial charge < -0.3 is 4.74 Å². The number of aryl methyl sites for hydroxylation is 1. The number of anilines is 1. The lowest BCUT2D eigenvalue weighted by molar-refractivity contribution is 0.0521. The summed E-state index contributed by atoms with van der Waals surface area (Å²) in [6.45, 7) is 3.53. The molecule has 0 saturated heterocycles. The van der Waals surface area contributed by atoms with Crippen molar-refractivity contribution < 1.29 is 17.9 Å². The van der Waals surface area contributed by atoms with Crippen molar-refractivity contribution in [3.8, 4) is 0 Å². The minimum absolute atomic E-state index is 0.0305. The lowest BCUT2D eigenvalue weighted by Gasteiger charge is -2.08. The Labute approximate surface area is 143 Å². The van der Waals surface area contributed by atoms with Gasteiger partial charge in [-0.15, -0.1) is 11.3 Å². The summed E-state index contributed by atoms with van der Waals surface area (Å²) < 4.78 is 31.9. The third-order valence-corrected chi connectivity index (χ3v) is 5.34. The van der Waals surface area contributed by atoms with Crippen molar-refractivity contribution in [1.29, 1.82) is 0 Å². The Morgan fingerprint density at radius 3 is 2.74 bits per heavy atom. The van der Waals surface area contributed by atoms with E-state index in [1.54, 1.807) is 38.1 Å². The van der Waals surface area contributed by atoms with E-state index in [0.29, 0.717) is 15.6 Å². The zero-order chi connectivity index (χ0) is 17.0. The summed E-state index contributed by atoms with van der Waals surface area (Å²) in [4.78, 5) is 15.9. The Morgan fingerprint density at radius 1 is 1.39 bits per heavy atom. The molecular weight excluding hydrogens is 360 g/mol. The molecule has 1 aromatic heterocycles. The number of carbonyl (C=O) groups excluding carboxylic acids is 1. The zero-order valence-corrected chi connectivity index (χ0v) is 14.9. The standard InChI is InChI=1S/C14H15ClN2O4S2/c1-3-21-14(18)12-13(22-9(2)16-12)17-23(19,20)8-10-6-4-5-7-11(10)15/h4-7,17H,3,8H2,1-2H3. The number of benzene rings is 1. The molecule has 0 aliphatic rings. The number of aromatic nitrogens is 1. The number of hydrogen-bond donors (Lipinski definition) is 1. The van der Waals surface area contributed by atoms with E-state index in [-0.39, 0.29) is 23.1 Å². The lowest BCUT2D eigenvalue weighted by atomic mass is 10.2. The molecule has 2 aromatic rings. The largest absolute Gasteiger partial charge is 0.461 e. The van der Waals surface area contributed by atoms with Gasteiger partial charge >= 0.3 is 5.97 Å². The highest BCUT2D eigenvalue weighted by Gasteiger charge is 2.23. The van der Waals surface area contributed by atoms with Crippen molar-refractivity contribution in [2.45, 2.75) is 19.6 Å². The molecule has 0 fully saturated rings. The first-order valence-electron chi connectivity index (χ1n) is 6.71. The van der Waals surface area contributed by atoms with Gasteiger partial charge in [0, 0.05) is 5.02 Å². The van der Waals surface area contributed by atoms with E-state index in [1.807, 2.05) is 0 Å². The molecular formula is C14H15ClN2O4S2. The van der Waals surface area contributed by atoms with Crippen LogP contribution in [0, 0.1) is 6.92 Å². The molecule has 0 radical (unpaired) electrons. The number of nitrogens with zero attached hydrogens (tertiary/aromatic N) is 1. The number of hydrogen-bond acceptors (Lipinski definition) is 6. The van der Waals surface area contributed by atoms with Crippen LogP contribution in [0.2, 0.25) is 5.02 Å². The maximum Gasteiger partial charge on any atom is 0.360 e. The molecule has 9 heteroatoms. The fourth-order valence-electron chi connectivity index (χ4n) is 1.83. The Kier molecular flexibility index (Phi) is 5.61. The molecule has 0 aliphatic carbocycles. The van der Waals surface area contributed by atoms with Crippen LogP contribution in [0.1, 0.15) is 28.0 Å². The SMILES string of the molecule is CCOC(=O)c1nc(C)sc1NS(=O)(=O)Cc1ccccc1Cl. The quantitative estimate of drug-likeness (QED) is 0.784. The number of ether oxygens (including phenoxy) is 1. The Bertz CT molecular complexity index is 818. The Hall–Kier alpha value is -1.64. The van der Waals surface area contributed by atoms with Gasteiger partial charge in [-0.3, -0.25) is 4.72 Å². The topological polar surface area (TPSA) is 85.4 Å². The fraction of sp³-hybridized carbons (Fsp3) is 0.286. The zero-order valence-electron chi connectivity index (χ0n) is 12.5. The average molecular weight is 375 g/mol. The number of rotatable bonds is 6. The van der Waals surface area contributed by atoms with Gasteiger partial charge in [0.2, 0.25) is 10.0 Å². The third-order valence-electron chi connectivity index (χ3n) is 2.75. The maximum absolute atomic E-state index is 12.3. The van der Waals surface area contributed by atoms with Gasteiger partial charge in [0.15, 0.2) is 5.69 Å². The van der Waals surface area contributed by atoms with E-state index < -0.39 is 16.0 Å². The van der Waals surface area contributed by atoms with E-state index in [9.17, 15) is 13.2 Å². The molecule has 1 N–H and O–H groups in total. The van der Waals surface area contributed by atoms with Gasteiger partial charge in [-0.2, -0.15) is 0 Å². The Balaban J connectivity index is 2.24. The van der Waals surface area contributed by atoms with Crippen LogP contribution in [-0.4, -0.2) is 26.0 Å². The first-order chi connectivity index (χ1) is 10.8. The minimum Gasteiger partial charge on any atom is -0.461 e. The predicted molar refractivity (Wildman–Crippen MR) is 90.5 cm³/mol. The van der Waals surface area contributed by atoms with Crippen molar-refractivity contribution in [1.82, 2.24) is 4.98 Å².